The van der Waals surface area contributed by atoms with Gasteiger partial charge < -0.3 is 10.1 Å². The summed E-state index contributed by atoms with van der Waals surface area (Å²) in [7, 11) is 1.57. The Morgan fingerprint density at radius 3 is 2.85 bits per heavy atom. The molecule has 0 aromatic heterocycles. The Kier molecular flexibility index (Phi) is 3.94. The number of hydrogen-bond acceptors (Lipinski definition) is 3. The molecular formula is C16H23FN2O. The van der Waals surface area contributed by atoms with E-state index in [1.165, 1.54) is 31.7 Å². The van der Waals surface area contributed by atoms with E-state index in [1.807, 2.05) is 12.1 Å². The third-order valence-electron chi connectivity index (χ3n) is 4.84. The standard InChI is InChI=1S/C16H23FN2O/c1-20-14-5-4-13(15(17)10-14)11-19-9-8-18-12-16(19)6-2-3-7-16/h4-5,10,18H,2-3,6-9,11-12H2,1H3. The fraction of sp³-hybridized carbons (Fsp3) is 0.625. The Balaban J connectivity index is 1.78. The molecule has 1 aromatic rings. The number of hydrogen-bond donors (Lipinski definition) is 1. The summed E-state index contributed by atoms with van der Waals surface area (Å²) >= 11 is 0. The van der Waals surface area contributed by atoms with Crippen LogP contribution in [0.1, 0.15) is 31.2 Å². The lowest BCUT2D eigenvalue weighted by molar-refractivity contribution is 0.0562. The van der Waals surface area contributed by atoms with Gasteiger partial charge in [0.2, 0.25) is 0 Å². The predicted molar refractivity (Wildman–Crippen MR) is 77.4 cm³/mol. The van der Waals surface area contributed by atoms with Gasteiger partial charge in [-0.25, -0.2) is 4.39 Å². The van der Waals surface area contributed by atoms with Crippen LogP contribution in [0, 0.1) is 5.82 Å². The van der Waals surface area contributed by atoms with Crippen LogP contribution >= 0.6 is 0 Å². The van der Waals surface area contributed by atoms with Crippen molar-refractivity contribution in [2.24, 2.45) is 0 Å². The molecule has 1 spiro atoms. The molecule has 1 aliphatic heterocycles. The van der Waals surface area contributed by atoms with Crippen molar-refractivity contribution in [2.45, 2.75) is 37.8 Å². The summed E-state index contributed by atoms with van der Waals surface area (Å²) in [5.41, 5.74) is 1.03. The van der Waals surface area contributed by atoms with Gasteiger partial charge in [-0.05, 0) is 18.9 Å². The summed E-state index contributed by atoms with van der Waals surface area (Å²) in [5, 5.41) is 3.51. The molecule has 1 N–H and O–H groups in total. The highest BCUT2D eigenvalue weighted by Gasteiger charge is 2.41. The molecule has 2 aliphatic rings. The second kappa shape index (κ2) is 5.70. The van der Waals surface area contributed by atoms with E-state index < -0.39 is 0 Å². The van der Waals surface area contributed by atoms with E-state index in [1.54, 1.807) is 7.11 Å². The van der Waals surface area contributed by atoms with Crippen LogP contribution < -0.4 is 10.1 Å². The first-order chi connectivity index (χ1) is 9.73. The van der Waals surface area contributed by atoms with Crippen LogP contribution in [0.2, 0.25) is 0 Å². The van der Waals surface area contributed by atoms with Crippen LogP contribution in [-0.2, 0) is 6.54 Å². The number of halogens is 1. The molecule has 4 heteroatoms. The van der Waals surface area contributed by atoms with Crippen molar-refractivity contribution in [3.05, 3.63) is 29.6 Å². The smallest absolute Gasteiger partial charge is 0.131 e. The first kappa shape index (κ1) is 13.8. The highest BCUT2D eigenvalue weighted by atomic mass is 19.1. The van der Waals surface area contributed by atoms with E-state index in [0.29, 0.717) is 12.3 Å². The molecule has 1 saturated heterocycles. The van der Waals surface area contributed by atoms with E-state index >= 15 is 0 Å². The quantitative estimate of drug-likeness (QED) is 0.919. The lowest BCUT2D eigenvalue weighted by Crippen LogP contribution is -2.59. The van der Waals surface area contributed by atoms with E-state index in [0.717, 1.165) is 25.2 Å². The molecule has 0 atom stereocenters. The first-order valence-electron chi connectivity index (χ1n) is 7.52. The maximum absolute atomic E-state index is 14.1. The van der Waals surface area contributed by atoms with E-state index in [2.05, 4.69) is 10.2 Å². The minimum Gasteiger partial charge on any atom is -0.497 e. The van der Waals surface area contributed by atoms with Gasteiger partial charge in [0.05, 0.1) is 7.11 Å². The monoisotopic (exact) mass is 278 g/mol. The summed E-state index contributed by atoms with van der Waals surface area (Å²) in [5.74, 6) is 0.429. The fourth-order valence-electron chi connectivity index (χ4n) is 3.65. The van der Waals surface area contributed by atoms with Gasteiger partial charge >= 0.3 is 0 Å². The molecule has 1 heterocycles. The van der Waals surface area contributed by atoms with Gasteiger partial charge in [-0.2, -0.15) is 0 Å². The second-order valence-electron chi connectivity index (χ2n) is 5.99. The zero-order chi connectivity index (χ0) is 14.0. The van der Waals surface area contributed by atoms with Gasteiger partial charge in [-0.15, -0.1) is 0 Å². The second-order valence-corrected chi connectivity index (χ2v) is 5.99. The average molecular weight is 278 g/mol. The number of rotatable bonds is 3. The molecule has 1 saturated carbocycles. The lowest BCUT2D eigenvalue weighted by atomic mass is 9.92. The van der Waals surface area contributed by atoms with Crippen molar-refractivity contribution in [1.82, 2.24) is 10.2 Å². The normalized spacial score (nSPS) is 22.3. The van der Waals surface area contributed by atoms with Gasteiger partial charge in [-0.3, -0.25) is 4.90 Å². The summed E-state index contributed by atoms with van der Waals surface area (Å²) in [6.07, 6.45) is 5.06. The maximum Gasteiger partial charge on any atom is 0.131 e. The van der Waals surface area contributed by atoms with Crippen LogP contribution in [0.25, 0.3) is 0 Å². The molecule has 2 fully saturated rings. The molecule has 1 aliphatic carbocycles. The topological polar surface area (TPSA) is 24.5 Å². The zero-order valence-corrected chi connectivity index (χ0v) is 12.1. The average Bonchev–Trinajstić information content (AvgIpc) is 2.92. The van der Waals surface area contributed by atoms with Crippen molar-refractivity contribution in [3.8, 4) is 5.75 Å². The molecule has 0 unspecified atom stereocenters. The Morgan fingerprint density at radius 1 is 1.35 bits per heavy atom. The minimum absolute atomic E-state index is 0.156. The Morgan fingerprint density at radius 2 is 2.15 bits per heavy atom. The molecule has 3 rings (SSSR count). The maximum atomic E-state index is 14.1. The summed E-state index contributed by atoms with van der Waals surface area (Å²) < 4.78 is 19.2. The molecule has 3 nitrogen and oxygen atoms in total. The van der Waals surface area contributed by atoms with Gasteiger partial charge in [0, 0.05) is 43.3 Å². The van der Waals surface area contributed by atoms with E-state index in [4.69, 9.17) is 4.74 Å². The number of benzene rings is 1. The van der Waals surface area contributed by atoms with E-state index in [-0.39, 0.29) is 11.4 Å². The number of nitrogens with zero attached hydrogens (tertiary/aromatic N) is 1. The number of ether oxygens (including phenoxy) is 1. The highest BCUT2D eigenvalue weighted by molar-refractivity contribution is 5.29. The van der Waals surface area contributed by atoms with Crippen LogP contribution in [0.15, 0.2) is 18.2 Å². The largest absolute Gasteiger partial charge is 0.497 e. The minimum atomic E-state index is -0.156. The molecule has 0 bridgehead atoms. The van der Waals surface area contributed by atoms with Crippen LogP contribution in [0.3, 0.4) is 0 Å². The van der Waals surface area contributed by atoms with Crippen molar-refractivity contribution < 1.29 is 9.13 Å². The molecule has 0 amide bonds. The molecule has 110 valence electrons. The highest BCUT2D eigenvalue weighted by Crippen LogP contribution is 2.37. The van der Waals surface area contributed by atoms with Crippen LogP contribution in [0.4, 0.5) is 4.39 Å². The SMILES string of the molecule is COc1ccc(CN2CCNCC23CCCC3)c(F)c1. The van der Waals surface area contributed by atoms with Gasteiger partial charge in [0.1, 0.15) is 11.6 Å². The number of nitrogens with one attached hydrogen (secondary N) is 1. The molecule has 0 radical (unpaired) electrons. The third kappa shape index (κ3) is 2.54. The lowest BCUT2D eigenvalue weighted by Gasteiger charge is -2.45. The van der Waals surface area contributed by atoms with Crippen LogP contribution in [0.5, 0.6) is 5.75 Å². The van der Waals surface area contributed by atoms with Crippen molar-refractivity contribution >= 4 is 0 Å². The van der Waals surface area contributed by atoms with Crippen molar-refractivity contribution in [3.63, 3.8) is 0 Å². The van der Waals surface area contributed by atoms with Gasteiger partial charge in [0.25, 0.3) is 0 Å². The van der Waals surface area contributed by atoms with Crippen molar-refractivity contribution in [2.75, 3.05) is 26.7 Å². The number of piperazine rings is 1. The first-order valence-corrected chi connectivity index (χ1v) is 7.52. The fourth-order valence-corrected chi connectivity index (χ4v) is 3.65. The summed E-state index contributed by atoms with van der Waals surface area (Å²) in [4.78, 5) is 2.49. The van der Waals surface area contributed by atoms with Crippen molar-refractivity contribution in [1.29, 1.82) is 0 Å². The van der Waals surface area contributed by atoms with Gasteiger partial charge in [-0.1, -0.05) is 18.9 Å². The Hall–Kier alpha value is -1.13. The summed E-state index contributed by atoms with van der Waals surface area (Å²) in [6, 6.07) is 5.19. The number of methoxy groups -OCH3 is 1. The Bertz CT molecular complexity index is 472. The van der Waals surface area contributed by atoms with E-state index in [9.17, 15) is 4.39 Å². The predicted octanol–water partition coefficient (Wildman–Crippen LogP) is 2.55. The molecular weight excluding hydrogens is 255 g/mol. The molecule has 20 heavy (non-hydrogen) atoms. The molecule has 1 aromatic carbocycles. The van der Waals surface area contributed by atoms with Gasteiger partial charge in [0.15, 0.2) is 0 Å². The third-order valence-corrected chi connectivity index (χ3v) is 4.84. The Labute approximate surface area is 120 Å². The summed E-state index contributed by atoms with van der Waals surface area (Å²) in [6.45, 7) is 3.76. The van der Waals surface area contributed by atoms with Crippen LogP contribution in [-0.4, -0.2) is 37.2 Å². The zero-order valence-electron chi connectivity index (χ0n) is 12.1.